The molecule has 1 N–H and O–H groups in total. The van der Waals surface area contributed by atoms with E-state index in [1.807, 2.05) is 30.3 Å². The van der Waals surface area contributed by atoms with Crippen molar-refractivity contribution in [2.24, 2.45) is 0 Å². The maximum atomic E-state index is 12.3. The van der Waals surface area contributed by atoms with Crippen LogP contribution in [0.25, 0.3) is 11.3 Å². The van der Waals surface area contributed by atoms with Gasteiger partial charge in [0.15, 0.2) is 0 Å². The van der Waals surface area contributed by atoms with Crippen molar-refractivity contribution in [1.82, 2.24) is 10.3 Å². The van der Waals surface area contributed by atoms with Crippen molar-refractivity contribution in [2.75, 3.05) is 12.9 Å². The highest BCUT2D eigenvalue weighted by molar-refractivity contribution is 8.00. The number of benzene rings is 1. The van der Waals surface area contributed by atoms with Crippen molar-refractivity contribution >= 4 is 17.7 Å². The van der Waals surface area contributed by atoms with Gasteiger partial charge in [-0.3, -0.25) is 4.79 Å². The van der Waals surface area contributed by atoms with Gasteiger partial charge in [0, 0.05) is 11.6 Å². The van der Waals surface area contributed by atoms with Crippen LogP contribution in [0, 0.1) is 11.3 Å². The maximum absolute atomic E-state index is 12.3. The number of ether oxygens (including phenoxy) is 1. The molecule has 0 radical (unpaired) electrons. The third-order valence-corrected chi connectivity index (χ3v) is 5.67. The van der Waals surface area contributed by atoms with E-state index in [9.17, 15) is 10.1 Å². The van der Waals surface area contributed by atoms with Crippen LogP contribution in [0.2, 0.25) is 0 Å². The Kier molecular flexibility index (Phi) is 6.72. The van der Waals surface area contributed by atoms with Gasteiger partial charge < -0.3 is 10.1 Å². The summed E-state index contributed by atoms with van der Waals surface area (Å²) in [5.41, 5.74) is 2.20. The number of carbonyl (C=O) groups excluding carboxylic acids is 1. The Morgan fingerprint density at radius 1 is 1.22 bits per heavy atom. The standard InChI is InChI=1S/C21H23N3O2S/c1-26-18-10-7-15(8-11-18)19-12-9-16(13-22)21(24-19)27-14-20(25)23-17-5-3-2-4-6-17/h7-12,17H,2-6,14H2,1H3,(H,23,25). The van der Waals surface area contributed by atoms with E-state index in [0.717, 1.165) is 29.8 Å². The van der Waals surface area contributed by atoms with E-state index in [1.54, 1.807) is 13.2 Å². The van der Waals surface area contributed by atoms with E-state index in [2.05, 4.69) is 16.4 Å². The SMILES string of the molecule is COc1ccc(-c2ccc(C#N)c(SCC(=O)NC3CCCCC3)n2)cc1. The Balaban J connectivity index is 1.68. The van der Waals surface area contributed by atoms with Crippen molar-refractivity contribution < 1.29 is 9.53 Å². The monoisotopic (exact) mass is 381 g/mol. The first-order chi connectivity index (χ1) is 13.2. The van der Waals surface area contributed by atoms with E-state index in [4.69, 9.17) is 4.74 Å². The lowest BCUT2D eigenvalue weighted by Gasteiger charge is -2.22. The molecule has 5 nitrogen and oxygen atoms in total. The molecule has 0 saturated heterocycles. The van der Waals surface area contributed by atoms with Crippen LogP contribution >= 0.6 is 11.8 Å². The average molecular weight is 382 g/mol. The topological polar surface area (TPSA) is 75.0 Å². The zero-order valence-electron chi connectivity index (χ0n) is 15.4. The summed E-state index contributed by atoms with van der Waals surface area (Å²) in [6.07, 6.45) is 5.75. The fourth-order valence-electron chi connectivity index (χ4n) is 3.21. The van der Waals surface area contributed by atoms with Crippen LogP contribution in [0.1, 0.15) is 37.7 Å². The van der Waals surface area contributed by atoms with Crippen molar-refractivity contribution in [2.45, 2.75) is 43.2 Å². The number of nitrogens with zero attached hydrogens (tertiary/aromatic N) is 2. The number of hydrogen-bond donors (Lipinski definition) is 1. The molecule has 1 aromatic carbocycles. The number of methoxy groups -OCH3 is 1. The first kappa shape index (κ1) is 19.2. The molecule has 1 fully saturated rings. The Labute approximate surface area is 164 Å². The van der Waals surface area contributed by atoms with Crippen LogP contribution in [0.15, 0.2) is 41.4 Å². The first-order valence-electron chi connectivity index (χ1n) is 9.17. The van der Waals surface area contributed by atoms with Gasteiger partial charge in [-0.25, -0.2) is 4.98 Å². The molecule has 0 atom stereocenters. The molecule has 1 saturated carbocycles. The molecule has 0 bridgehead atoms. The lowest BCUT2D eigenvalue weighted by atomic mass is 9.95. The second kappa shape index (κ2) is 9.43. The molecule has 1 aliphatic rings. The van der Waals surface area contributed by atoms with Crippen LogP contribution in [0.3, 0.4) is 0 Å². The van der Waals surface area contributed by atoms with E-state index in [1.165, 1.54) is 31.0 Å². The summed E-state index contributed by atoms with van der Waals surface area (Å²) in [4.78, 5) is 16.9. The van der Waals surface area contributed by atoms with Gasteiger partial charge in [0.05, 0.1) is 24.1 Å². The number of carbonyl (C=O) groups is 1. The van der Waals surface area contributed by atoms with Gasteiger partial charge in [0.2, 0.25) is 5.91 Å². The summed E-state index contributed by atoms with van der Waals surface area (Å²) >= 11 is 1.31. The lowest BCUT2D eigenvalue weighted by Crippen LogP contribution is -2.37. The van der Waals surface area contributed by atoms with Gasteiger partial charge in [-0.1, -0.05) is 31.0 Å². The van der Waals surface area contributed by atoms with Crippen molar-refractivity contribution in [1.29, 1.82) is 5.26 Å². The molecule has 0 aliphatic heterocycles. The minimum absolute atomic E-state index is 0.00689. The predicted octanol–water partition coefficient (Wildman–Crippen LogP) is 4.17. The number of aromatic nitrogens is 1. The van der Waals surface area contributed by atoms with Gasteiger partial charge in [-0.05, 0) is 49.2 Å². The normalized spacial score (nSPS) is 14.4. The van der Waals surface area contributed by atoms with E-state index < -0.39 is 0 Å². The van der Waals surface area contributed by atoms with Gasteiger partial charge in [0.25, 0.3) is 0 Å². The summed E-state index contributed by atoms with van der Waals surface area (Å²) in [7, 11) is 1.63. The minimum atomic E-state index is 0.00689. The summed E-state index contributed by atoms with van der Waals surface area (Å²) in [5, 5.41) is 13.0. The van der Waals surface area contributed by atoms with Crippen LogP contribution in [0.5, 0.6) is 5.75 Å². The number of rotatable bonds is 6. The molecular formula is C21H23N3O2S. The highest BCUT2D eigenvalue weighted by Gasteiger charge is 2.16. The zero-order chi connectivity index (χ0) is 19.1. The Morgan fingerprint density at radius 2 is 1.96 bits per heavy atom. The predicted molar refractivity (Wildman–Crippen MR) is 107 cm³/mol. The van der Waals surface area contributed by atoms with Crippen LogP contribution in [-0.2, 0) is 4.79 Å². The van der Waals surface area contributed by atoms with Gasteiger partial charge in [-0.15, -0.1) is 0 Å². The molecule has 2 aromatic rings. The summed E-state index contributed by atoms with van der Waals surface area (Å²) in [5.74, 6) is 1.05. The van der Waals surface area contributed by atoms with E-state index in [-0.39, 0.29) is 11.7 Å². The highest BCUT2D eigenvalue weighted by atomic mass is 32.2. The molecule has 0 unspecified atom stereocenters. The highest BCUT2D eigenvalue weighted by Crippen LogP contribution is 2.26. The smallest absolute Gasteiger partial charge is 0.230 e. The Morgan fingerprint density at radius 3 is 2.63 bits per heavy atom. The van der Waals surface area contributed by atoms with Gasteiger partial charge in [0.1, 0.15) is 16.8 Å². The molecule has 1 heterocycles. The Bertz CT molecular complexity index is 824. The van der Waals surface area contributed by atoms with Crippen LogP contribution in [0.4, 0.5) is 0 Å². The van der Waals surface area contributed by atoms with Gasteiger partial charge in [-0.2, -0.15) is 5.26 Å². The summed E-state index contributed by atoms with van der Waals surface area (Å²) in [6, 6.07) is 13.6. The zero-order valence-corrected chi connectivity index (χ0v) is 16.2. The molecule has 6 heteroatoms. The molecule has 140 valence electrons. The largest absolute Gasteiger partial charge is 0.497 e. The van der Waals surface area contributed by atoms with Gasteiger partial charge >= 0.3 is 0 Å². The second-order valence-corrected chi connectivity index (χ2v) is 7.54. The van der Waals surface area contributed by atoms with Crippen LogP contribution < -0.4 is 10.1 Å². The van der Waals surface area contributed by atoms with Crippen molar-refractivity contribution in [3.05, 3.63) is 42.0 Å². The van der Waals surface area contributed by atoms with Crippen LogP contribution in [-0.4, -0.2) is 29.8 Å². The molecule has 1 aromatic heterocycles. The minimum Gasteiger partial charge on any atom is -0.497 e. The lowest BCUT2D eigenvalue weighted by molar-refractivity contribution is -0.119. The average Bonchev–Trinajstić information content (AvgIpc) is 2.73. The molecule has 3 rings (SSSR count). The van der Waals surface area contributed by atoms with Crippen molar-refractivity contribution in [3.63, 3.8) is 0 Å². The molecule has 27 heavy (non-hydrogen) atoms. The summed E-state index contributed by atoms with van der Waals surface area (Å²) in [6.45, 7) is 0. The summed E-state index contributed by atoms with van der Waals surface area (Å²) < 4.78 is 5.18. The first-order valence-corrected chi connectivity index (χ1v) is 10.2. The molecular weight excluding hydrogens is 358 g/mol. The number of amides is 1. The fourth-order valence-corrected chi connectivity index (χ4v) is 3.99. The van der Waals surface area contributed by atoms with E-state index >= 15 is 0 Å². The molecule has 0 spiro atoms. The maximum Gasteiger partial charge on any atom is 0.230 e. The number of nitrogens with one attached hydrogen (secondary N) is 1. The molecule has 1 amide bonds. The number of pyridine rings is 1. The number of nitriles is 1. The third kappa shape index (κ3) is 5.24. The Hall–Kier alpha value is -2.52. The third-order valence-electron chi connectivity index (χ3n) is 4.68. The molecule has 1 aliphatic carbocycles. The fraction of sp³-hybridized carbons (Fsp3) is 0.381. The number of hydrogen-bond acceptors (Lipinski definition) is 5. The van der Waals surface area contributed by atoms with E-state index in [0.29, 0.717) is 16.6 Å². The second-order valence-electron chi connectivity index (χ2n) is 6.58. The van der Waals surface area contributed by atoms with Crippen molar-refractivity contribution in [3.8, 4) is 23.1 Å². The number of thioether (sulfide) groups is 1. The quantitative estimate of drug-likeness (QED) is 0.760.